The van der Waals surface area contributed by atoms with Crippen molar-refractivity contribution < 1.29 is 14.1 Å². The lowest BCUT2D eigenvalue weighted by molar-refractivity contribution is -0.128. The number of rotatable bonds is 0. The Labute approximate surface area is 54.8 Å². The third-order valence-corrected chi connectivity index (χ3v) is 2.03. The van der Waals surface area contributed by atoms with Crippen LogP contribution in [0, 0.1) is 0 Å². The van der Waals surface area contributed by atoms with Crippen LogP contribution >= 0.6 is 0 Å². The summed E-state index contributed by atoms with van der Waals surface area (Å²) in [7, 11) is 0. The summed E-state index contributed by atoms with van der Waals surface area (Å²) in [6, 6.07) is 0. The summed E-state index contributed by atoms with van der Waals surface area (Å²) in [5, 5.41) is 2.04. The van der Waals surface area contributed by atoms with Gasteiger partial charge in [0.15, 0.2) is 11.5 Å². The topological polar surface area (TPSA) is 69.2 Å². The fourth-order valence-corrected chi connectivity index (χ4v) is 1.40. The first-order chi connectivity index (χ1) is 4.18. The van der Waals surface area contributed by atoms with Gasteiger partial charge in [0.25, 0.3) is 11.8 Å². The molecule has 9 heavy (non-hydrogen) atoms. The van der Waals surface area contributed by atoms with E-state index in [2.05, 4.69) is 0 Å². The molecule has 1 N–H and O–H groups in total. The standard InChI is InChI=1S/C4H5NO3S/c6-3-1-9(8)2-4(7)5-3/h1-2H2,(H,5,6,7). The minimum Gasteiger partial charge on any atom is -0.616 e. The van der Waals surface area contributed by atoms with Crippen LogP contribution in [0.15, 0.2) is 0 Å². The fourth-order valence-electron chi connectivity index (χ4n) is 0.571. The van der Waals surface area contributed by atoms with Crippen LogP contribution in [0.1, 0.15) is 0 Å². The zero-order valence-corrected chi connectivity index (χ0v) is 5.36. The average Bonchev–Trinajstić information content (AvgIpc) is 1.59. The summed E-state index contributed by atoms with van der Waals surface area (Å²) < 4.78 is 10.5. The Balaban J connectivity index is 2.53. The first-order valence-corrected chi connectivity index (χ1v) is 3.85. The van der Waals surface area contributed by atoms with Gasteiger partial charge in [0.05, 0.1) is 0 Å². The van der Waals surface area contributed by atoms with Gasteiger partial charge in [-0.3, -0.25) is 14.9 Å². The van der Waals surface area contributed by atoms with E-state index in [4.69, 9.17) is 0 Å². The highest BCUT2D eigenvalue weighted by molar-refractivity contribution is 7.92. The van der Waals surface area contributed by atoms with Crippen molar-refractivity contribution in [1.82, 2.24) is 5.32 Å². The Morgan fingerprint density at radius 1 is 1.33 bits per heavy atom. The zero-order valence-electron chi connectivity index (χ0n) is 4.55. The van der Waals surface area contributed by atoms with Crippen LogP contribution in [-0.2, 0) is 20.8 Å². The normalized spacial score (nSPS) is 21.9. The molecule has 1 rings (SSSR count). The number of hydrogen-bond acceptors (Lipinski definition) is 3. The van der Waals surface area contributed by atoms with E-state index < -0.39 is 23.0 Å². The van der Waals surface area contributed by atoms with E-state index in [0.29, 0.717) is 0 Å². The van der Waals surface area contributed by atoms with E-state index in [1.807, 2.05) is 5.32 Å². The molecule has 1 saturated heterocycles. The van der Waals surface area contributed by atoms with Gasteiger partial charge in [-0.25, -0.2) is 0 Å². The average molecular weight is 147 g/mol. The van der Waals surface area contributed by atoms with Crippen molar-refractivity contribution in [2.24, 2.45) is 0 Å². The number of carbonyl (C=O) groups is 2. The molecule has 0 unspecified atom stereocenters. The van der Waals surface area contributed by atoms with Gasteiger partial charge in [0, 0.05) is 0 Å². The van der Waals surface area contributed by atoms with E-state index in [1.54, 1.807) is 0 Å². The van der Waals surface area contributed by atoms with E-state index in [1.165, 1.54) is 0 Å². The van der Waals surface area contributed by atoms with Crippen LogP contribution in [0.5, 0.6) is 0 Å². The molecule has 0 bridgehead atoms. The highest BCUT2D eigenvalue weighted by atomic mass is 32.2. The quantitative estimate of drug-likeness (QED) is 0.331. The third kappa shape index (κ3) is 1.69. The lowest BCUT2D eigenvalue weighted by atomic mass is 10.6. The number of nitrogens with one attached hydrogen (secondary N) is 1. The van der Waals surface area contributed by atoms with Gasteiger partial charge in [-0.15, -0.1) is 0 Å². The molecule has 5 heteroatoms. The molecule has 1 heterocycles. The molecule has 4 nitrogen and oxygen atoms in total. The highest BCUT2D eigenvalue weighted by Gasteiger charge is 2.25. The van der Waals surface area contributed by atoms with Gasteiger partial charge in [-0.1, -0.05) is 0 Å². The molecule has 2 amide bonds. The lowest BCUT2D eigenvalue weighted by Crippen LogP contribution is -2.45. The van der Waals surface area contributed by atoms with Gasteiger partial charge in [-0.2, -0.15) is 0 Å². The molecule has 0 saturated carbocycles. The SMILES string of the molecule is O=C1C[S+]([O-])CC(=O)N1. The molecule has 0 atom stereocenters. The smallest absolute Gasteiger partial charge is 0.276 e. The maximum atomic E-state index is 10.5. The first-order valence-electron chi connectivity index (χ1n) is 2.36. The van der Waals surface area contributed by atoms with E-state index >= 15 is 0 Å². The Bertz CT molecular complexity index is 142. The molecule has 0 aliphatic carbocycles. The first kappa shape index (κ1) is 6.57. The molecular formula is C4H5NO3S. The van der Waals surface area contributed by atoms with Crippen molar-refractivity contribution in [3.63, 3.8) is 0 Å². The van der Waals surface area contributed by atoms with Crippen molar-refractivity contribution in [1.29, 1.82) is 0 Å². The zero-order chi connectivity index (χ0) is 6.85. The van der Waals surface area contributed by atoms with Crippen molar-refractivity contribution in [3.05, 3.63) is 0 Å². The van der Waals surface area contributed by atoms with Gasteiger partial charge in [-0.05, 0) is 11.2 Å². The summed E-state index contributed by atoms with van der Waals surface area (Å²) in [5.74, 6) is -0.952. The predicted octanol–water partition coefficient (Wildman–Crippen LogP) is -1.61. The summed E-state index contributed by atoms with van der Waals surface area (Å²) in [6.07, 6.45) is 0. The maximum Gasteiger partial charge on any atom is 0.276 e. The monoisotopic (exact) mass is 147 g/mol. The third-order valence-electron chi connectivity index (χ3n) is 0.863. The van der Waals surface area contributed by atoms with Crippen molar-refractivity contribution in [2.75, 3.05) is 11.5 Å². The van der Waals surface area contributed by atoms with E-state index in [0.717, 1.165) is 0 Å². The summed E-state index contributed by atoms with van der Waals surface area (Å²) in [4.78, 5) is 20.7. The van der Waals surface area contributed by atoms with Crippen molar-refractivity contribution >= 4 is 23.0 Å². The van der Waals surface area contributed by atoms with E-state index in [9.17, 15) is 14.1 Å². The molecule has 0 spiro atoms. The summed E-state index contributed by atoms with van der Waals surface area (Å²) in [5.41, 5.74) is 0. The second-order valence-corrected chi connectivity index (χ2v) is 3.16. The molecule has 1 aliphatic rings. The van der Waals surface area contributed by atoms with Crippen molar-refractivity contribution in [2.45, 2.75) is 0 Å². The molecule has 0 radical (unpaired) electrons. The van der Waals surface area contributed by atoms with Crippen LogP contribution < -0.4 is 5.32 Å². The number of imide groups is 1. The summed E-state index contributed by atoms with van der Waals surface area (Å²) >= 11 is -1.26. The Hall–Kier alpha value is -0.550. The largest absolute Gasteiger partial charge is 0.616 e. The highest BCUT2D eigenvalue weighted by Crippen LogP contribution is 1.95. The van der Waals surface area contributed by atoms with Gasteiger partial charge < -0.3 is 4.55 Å². The Kier molecular flexibility index (Phi) is 1.73. The van der Waals surface area contributed by atoms with Crippen LogP contribution in [0.25, 0.3) is 0 Å². The molecule has 0 aromatic rings. The molecular weight excluding hydrogens is 142 g/mol. The van der Waals surface area contributed by atoms with Gasteiger partial charge in [0.2, 0.25) is 0 Å². The van der Waals surface area contributed by atoms with E-state index in [-0.39, 0.29) is 11.5 Å². The van der Waals surface area contributed by atoms with Crippen LogP contribution in [0.2, 0.25) is 0 Å². The van der Waals surface area contributed by atoms with Gasteiger partial charge >= 0.3 is 0 Å². The maximum absolute atomic E-state index is 10.5. The molecule has 1 fully saturated rings. The van der Waals surface area contributed by atoms with Crippen LogP contribution in [0.4, 0.5) is 0 Å². The Morgan fingerprint density at radius 3 is 2.11 bits per heavy atom. The van der Waals surface area contributed by atoms with Crippen LogP contribution in [-0.4, -0.2) is 27.9 Å². The van der Waals surface area contributed by atoms with Gasteiger partial charge in [0.1, 0.15) is 0 Å². The van der Waals surface area contributed by atoms with Crippen LogP contribution in [0.3, 0.4) is 0 Å². The molecule has 0 aromatic heterocycles. The second-order valence-electron chi connectivity index (χ2n) is 1.70. The fraction of sp³-hybridized carbons (Fsp3) is 0.500. The van der Waals surface area contributed by atoms with Crippen molar-refractivity contribution in [3.8, 4) is 0 Å². The Morgan fingerprint density at radius 2 is 1.78 bits per heavy atom. The number of carbonyl (C=O) groups excluding carboxylic acids is 2. The molecule has 0 aromatic carbocycles. The molecule has 1 aliphatic heterocycles. The number of hydrogen-bond donors (Lipinski definition) is 1. The number of amides is 2. The second kappa shape index (κ2) is 2.36. The minimum atomic E-state index is -1.26. The summed E-state index contributed by atoms with van der Waals surface area (Å²) in [6.45, 7) is 0. The molecule has 50 valence electrons. The lowest BCUT2D eigenvalue weighted by Gasteiger charge is -2.14. The predicted molar refractivity (Wildman–Crippen MR) is 31.0 cm³/mol. The minimum absolute atomic E-state index is 0.0360.